The number of carbonyl (C=O) groups is 1. The second-order valence-corrected chi connectivity index (χ2v) is 6.99. The topological polar surface area (TPSA) is 65.7 Å². The molecule has 4 rings (SSSR count). The first-order valence-electron chi connectivity index (χ1n) is 9.07. The molecule has 0 spiro atoms. The minimum atomic E-state index is -0.0648. The van der Waals surface area contributed by atoms with Crippen LogP contribution >= 0.6 is 0 Å². The van der Waals surface area contributed by atoms with Gasteiger partial charge in [-0.05, 0) is 19.1 Å². The van der Waals surface area contributed by atoms with E-state index in [4.69, 9.17) is 4.42 Å². The number of nitrogens with zero attached hydrogens (tertiary/aromatic N) is 5. The summed E-state index contributed by atoms with van der Waals surface area (Å²) >= 11 is 0. The molecule has 0 bridgehead atoms. The van der Waals surface area contributed by atoms with Crippen molar-refractivity contribution in [1.29, 1.82) is 0 Å². The first kappa shape index (κ1) is 17.3. The maximum absolute atomic E-state index is 12.8. The lowest BCUT2D eigenvalue weighted by molar-refractivity contribution is 0.0716. The highest BCUT2D eigenvalue weighted by molar-refractivity contribution is 5.96. The molecule has 140 valence electrons. The molecule has 0 radical (unpaired) electrons. The summed E-state index contributed by atoms with van der Waals surface area (Å²) in [6.07, 6.45) is 0. The Kier molecular flexibility index (Phi) is 4.43. The zero-order chi connectivity index (χ0) is 19.0. The fourth-order valence-corrected chi connectivity index (χ4v) is 3.26. The largest absolute Gasteiger partial charge is 0.451 e. The molecule has 1 aromatic carbocycles. The van der Waals surface area contributed by atoms with Crippen LogP contribution < -0.4 is 9.80 Å². The van der Waals surface area contributed by atoms with Gasteiger partial charge in [-0.1, -0.05) is 18.2 Å². The Labute approximate surface area is 158 Å². The van der Waals surface area contributed by atoms with Crippen molar-refractivity contribution in [1.82, 2.24) is 14.9 Å². The Balaban J connectivity index is 1.46. The van der Waals surface area contributed by atoms with Crippen LogP contribution in [-0.4, -0.2) is 61.0 Å². The molecule has 1 fully saturated rings. The van der Waals surface area contributed by atoms with Crippen LogP contribution in [0.25, 0.3) is 11.0 Å². The number of carbonyl (C=O) groups excluding carboxylic acids is 1. The number of benzene rings is 1. The molecule has 7 nitrogen and oxygen atoms in total. The van der Waals surface area contributed by atoms with E-state index in [2.05, 4.69) is 14.9 Å². The molecule has 0 unspecified atom stereocenters. The zero-order valence-electron chi connectivity index (χ0n) is 15.8. The van der Waals surface area contributed by atoms with Gasteiger partial charge in [-0.25, -0.2) is 4.98 Å². The van der Waals surface area contributed by atoms with E-state index >= 15 is 0 Å². The van der Waals surface area contributed by atoms with Crippen molar-refractivity contribution >= 4 is 28.6 Å². The Morgan fingerprint density at radius 1 is 1.07 bits per heavy atom. The number of hydrogen-bond donors (Lipinski definition) is 0. The molecule has 1 amide bonds. The van der Waals surface area contributed by atoms with Crippen molar-refractivity contribution in [3.8, 4) is 0 Å². The number of furan rings is 1. The molecule has 0 atom stereocenters. The van der Waals surface area contributed by atoms with Crippen LogP contribution in [0.15, 0.2) is 40.8 Å². The number of anilines is 2. The van der Waals surface area contributed by atoms with Gasteiger partial charge in [0.25, 0.3) is 5.91 Å². The van der Waals surface area contributed by atoms with Gasteiger partial charge >= 0.3 is 0 Å². The third-order valence-corrected chi connectivity index (χ3v) is 4.77. The van der Waals surface area contributed by atoms with E-state index < -0.39 is 0 Å². The second kappa shape index (κ2) is 6.90. The maximum Gasteiger partial charge on any atom is 0.289 e. The molecule has 1 aliphatic rings. The van der Waals surface area contributed by atoms with Crippen molar-refractivity contribution in [2.24, 2.45) is 0 Å². The van der Waals surface area contributed by atoms with E-state index in [1.165, 1.54) is 0 Å². The minimum absolute atomic E-state index is 0.0648. The average Bonchev–Trinajstić information content (AvgIpc) is 3.11. The second-order valence-electron chi connectivity index (χ2n) is 6.99. The minimum Gasteiger partial charge on any atom is -0.451 e. The summed E-state index contributed by atoms with van der Waals surface area (Å²) in [5, 5.41) is 0.948. The van der Waals surface area contributed by atoms with Crippen molar-refractivity contribution in [2.45, 2.75) is 6.92 Å². The number of rotatable bonds is 3. The van der Waals surface area contributed by atoms with Gasteiger partial charge in [0.1, 0.15) is 11.4 Å². The monoisotopic (exact) mass is 365 g/mol. The predicted octanol–water partition coefficient (Wildman–Crippen LogP) is 2.56. The van der Waals surface area contributed by atoms with Gasteiger partial charge in [-0.2, -0.15) is 4.98 Å². The van der Waals surface area contributed by atoms with Crippen LogP contribution in [0.2, 0.25) is 0 Å². The summed E-state index contributed by atoms with van der Waals surface area (Å²) < 4.78 is 5.72. The highest BCUT2D eigenvalue weighted by Gasteiger charge is 2.26. The Bertz CT molecular complexity index is 940. The van der Waals surface area contributed by atoms with E-state index in [0.29, 0.717) is 31.9 Å². The van der Waals surface area contributed by atoms with Crippen LogP contribution in [0.3, 0.4) is 0 Å². The number of fused-ring (bicyclic) bond motifs is 1. The maximum atomic E-state index is 12.8. The molecular formula is C20H23N5O2. The lowest BCUT2D eigenvalue weighted by Gasteiger charge is -2.34. The molecule has 1 aliphatic heterocycles. The van der Waals surface area contributed by atoms with E-state index in [1.807, 2.05) is 67.2 Å². The van der Waals surface area contributed by atoms with Crippen LogP contribution in [-0.2, 0) is 0 Å². The fraction of sp³-hybridized carbons (Fsp3) is 0.350. The van der Waals surface area contributed by atoms with Crippen LogP contribution in [0, 0.1) is 6.92 Å². The Hall–Kier alpha value is -3.09. The summed E-state index contributed by atoms with van der Waals surface area (Å²) in [6.45, 7) is 4.60. The summed E-state index contributed by atoms with van der Waals surface area (Å²) in [7, 11) is 3.94. The Morgan fingerprint density at radius 2 is 1.81 bits per heavy atom. The quantitative estimate of drug-likeness (QED) is 0.711. The van der Waals surface area contributed by atoms with Crippen LogP contribution in [0.1, 0.15) is 16.2 Å². The van der Waals surface area contributed by atoms with Gasteiger partial charge in [-0.15, -0.1) is 0 Å². The summed E-state index contributed by atoms with van der Waals surface area (Å²) in [5.41, 5.74) is 1.67. The van der Waals surface area contributed by atoms with E-state index in [-0.39, 0.29) is 5.91 Å². The number of para-hydroxylation sites is 1. The standard InChI is InChI=1S/C20H23N5O2/c1-14-12-18(23(2)3)22-20(21-14)25-10-8-24(9-11-25)19(26)17-13-15-6-4-5-7-16(15)27-17/h4-7,12-13H,8-11H2,1-3H3. The SMILES string of the molecule is Cc1cc(N(C)C)nc(N2CCN(C(=O)c3cc4ccccc4o3)CC2)n1. The normalized spacial score (nSPS) is 14.6. The van der Waals surface area contributed by atoms with Gasteiger partial charge in [0.05, 0.1) is 0 Å². The smallest absolute Gasteiger partial charge is 0.289 e. The number of hydrogen-bond acceptors (Lipinski definition) is 6. The molecule has 1 saturated heterocycles. The lowest BCUT2D eigenvalue weighted by atomic mass is 10.2. The third-order valence-electron chi connectivity index (χ3n) is 4.77. The number of aromatic nitrogens is 2. The highest BCUT2D eigenvalue weighted by Crippen LogP contribution is 2.22. The number of amides is 1. The van der Waals surface area contributed by atoms with Gasteiger partial charge < -0.3 is 19.1 Å². The van der Waals surface area contributed by atoms with E-state index in [1.54, 1.807) is 0 Å². The van der Waals surface area contributed by atoms with Crippen molar-refractivity contribution in [3.05, 3.63) is 47.9 Å². The number of piperazine rings is 1. The zero-order valence-corrected chi connectivity index (χ0v) is 15.8. The molecule has 27 heavy (non-hydrogen) atoms. The average molecular weight is 365 g/mol. The molecule has 0 N–H and O–H groups in total. The Morgan fingerprint density at radius 3 is 2.52 bits per heavy atom. The molecule has 3 heterocycles. The van der Waals surface area contributed by atoms with Gasteiger partial charge in [-0.3, -0.25) is 4.79 Å². The van der Waals surface area contributed by atoms with E-state index in [9.17, 15) is 4.79 Å². The molecule has 0 aliphatic carbocycles. The lowest BCUT2D eigenvalue weighted by Crippen LogP contribution is -2.49. The van der Waals surface area contributed by atoms with Crippen molar-refractivity contribution in [2.75, 3.05) is 50.1 Å². The molecule has 2 aromatic heterocycles. The van der Waals surface area contributed by atoms with Gasteiger partial charge in [0.15, 0.2) is 5.76 Å². The highest BCUT2D eigenvalue weighted by atomic mass is 16.3. The van der Waals surface area contributed by atoms with Gasteiger partial charge in [0, 0.05) is 57.4 Å². The molecule has 7 heteroatoms. The first-order chi connectivity index (χ1) is 13.0. The van der Waals surface area contributed by atoms with Crippen molar-refractivity contribution < 1.29 is 9.21 Å². The third kappa shape index (κ3) is 3.45. The summed E-state index contributed by atoms with van der Waals surface area (Å²) in [5.74, 6) is 1.93. The molecule has 3 aromatic rings. The van der Waals surface area contributed by atoms with E-state index in [0.717, 1.165) is 28.4 Å². The summed E-state index contributed by atoms with van der Waals surface area (Å²) in [4.78, 5) is 27.9. The molecule has 0 saturated carbocycles. The summed E-state index contributed by atoms with van der Waals surface area (Å²) in [6, 6.07) is 11.5. The first-order valence-corrected chi connectivity index (χ1v) is 9.07. The fourth-order valence-electron chi connectivity index (χ4n) is 3.26. The predicted molar refractivity (Wildman–Crippen MR) is 105 cm³/mol. The van der Waals surface area contributed by atoms with Crippen LogP contribution in [0.5, 0.6) is 0 Å². The van der Waals surface area contributed by atoms with Crippen molar-refractivity contribution in [3.63, 3.8) is 0 Å². The van der Waals surface area contributed by atoms with Gasteiger partial charge in [0.2, 0.25) is 5.95 Å². The van der Waals surface area contributed by atoms with Crippen LogP contribution in [0.4, 0.5) is 11.8 Å². The molecular weight excluding hydrogens is 342 g/mol. The number of aryl methyl sites for hydroxylation is 1.